The summed E-state index contributed by atoms with van der Waals surface area (Å²) in [4.78, 5) is 26.3. The highest BCUT2D eigenvalue weighted by Crippen LogP contribution is 2.10. The maximum absolute atomic E-state index is 12.3. The lowest BCUT2D eigenvalue weighted by Crippen LogP contribution is -2.48. The summed E-state index contributed by atoms with van der Waals surface area (Å²) in [5, 5.41) is 0. The van der Waals surface area contributed by atoms with Gasteiger partial charge in [-0.15, -0.1) is 0 Å². The Labute approximate surface area is 142 Å². The number of carbonyl (C=O) groups excluding carboxylic acids is 2. The van der Waals surface area contributed by atoms with E-state index >= 15 is 0 Å². The van der Waals surface area contributed by atoms with Crippen molar-refractivity contribution in [3.8, 4) is 0 Å². The standard InChI is InChI=1S/C16H23N3O4S/c1-24(22,23)19(13-15-5-3-2-4-6-15)8-7-16(21)18-11-9-17(14-20)10-12-18/h2-6,14H,7-13H2,1H3. The Morgan fingerprint density at radius 2 is 1.79 bits per heavy atom. The number of hydrogen-bond acceptors (Lipinski definition) is 4. The van der Waals surface area contributed by atoms with Gasteiger partial charge in [-0.05, 0) is 5.56 Å². The summed E-state index contributed by atoms with van der Waals surface area (Å²) >= 11 is 0. The first kappa shape index (κ1) is 18.4. The molecule has 1 fully saturated rings. The van der Waals surface area contributed by atoms with Crippen LogP contribution in [0.15, 0.2) is 30.3 Å². The van der Waals surface area contributed by atoms with Gasteiger partial charge in [-0.25, -0.2) is 8.42 Å². The predicted octanol–water partition coefficient (Wildman–Crippen LogP) is 0.139. The van der Waals surface area contributed by atoms with E-state index in [0.717, 1.165) is 18.2 Å². The second kappa shape index (κ2) is 8.25. The third kappa shape index (κ3) is 5.31. The van der Waals surface area contributed by atoms with Crippen molar-refractivity contribution in [2.75, 3.05) is 39.0 Å². The van der Waals surface area contributed by atoms with Crippen LogP contribution in [0.4, 0.5) is 0 Å². The molecule has 0 atom stereocenters. The van der Waals surface area contributed by atoms with Gasteiger partial charge in [0.15, 0.2) is 0 Å². The molecule has 0 saturated carbocycles. The van der Waals surface area contributed by atoms with E-state index in [2.05, 4.69) is 0 Å². The molecule has 1 heterocycles. The van der Waals surface area contributed by atoms with Crippen molar-refractivity contribution in [2.45, 2.75) is 13.0 Å². The fourth-order valence-electron chi connectivity index (χ4n) is 2.60. The summed E-state index contributed by atoms with van der Waals surface area (Å²) in [7, 11) is -3.39. The molecule has 0 spiro atoms. The van der Waals surface area contributed by atoms with E-state index in [0.29, 0.717) is 26.2 Å². The molecule has 0 aromatic heterocycles. The Balaban J connectivity index is 1.91. The number of benzene rings is 1. The van der Waals surface area contributed by atoms with Gasteiger partial charge >= 0.3 is 0 Å². The summed E-state index contributed by atoms with van der Waals surface area (Å²) < 4.78 is 25.2. The van der Waals surface area contributed by atoms with Crippen molar-refractivity contribution in [1.29, 1.82) is 0 Å². The molecular formula is C16H23N3O4S. The Morgan fingerprint density at radius 3 is 2.33 bits per heavy atom. The summed E-state index contributed by atoms with van der Waals surface area (Å²) in [6, 6.07) is 9.30. The number of amides is 2. The number of carbonyl (C=O) groups is 2. The van der Waals surface area contributed by atoms with Crippen molar-refractivity contribution in [2.24, 2.45) is 0 Å². The number of nitrogens with zero attached hydrogens (tertiary/aromatic N) is 3. The summed E-state index contributed by atoms with van der Waals surface area (Å²) in [5.41, 5.74) is 0.884. The summed E-state index contributed by atoms with van der Waals surface area (Å²) in [6.45, 7) is 2.45. The first-order valence-electron chi connectivity index (χ1n) is 7.86. The summed E-state index contributed by atoms with van der Waals surface area (Å²) in [6.07, 6.45) is 2.08. The van der Waals surface area contributed by atoms with Gasteiger partial charge in [0.05, 0.1) is 6.26 Å². The highest BCUT2D eigenvalue weighted by atomic mass is 32.2. The fourth-order valence-corrected chi connectivity index (χ4v) is 3.41. The minimum atomic E-state index is -3.39. The van der Waals surface area contributed by atoms with Crippen LogP contribution in [0.25, 0.3) is 0 Å². The number of piperazine rings is 1. The Bertz CT molecular complexity index is 655. The average molecular weight is 353 g/mol. The molecule has 1 saturated heterocycles. The van der Waals surface area contributed by atoms with Gasteiger partial charge in [0.25, 0.3) is 0 Å². The lowest BCUT2D eigenvalue weighted by atomic mass is 10.2. The Hall–Kier alpha value is -1.93. The van der Waals surface area contributed by atoms with Crippen molar-refractivity contribution in [1.82, 2.24) is 14.1 Å². The van der Waals surface area contributed by atoms with Crippen LogP contribution < -0.4 is 0 Å². The first-order valence-corrected chi connectivity index (χ1v) is 9.71. The maximum atomic E-state index is 12.3. The number of rotatable bonds is 7. The predicted molar refractivity (Wildman–Crippen MR) is 90.5 cm³/mol. The molecule has 0 aliphatic carbocycles. The fraction of sp³-hybridized carbons (Fsp3) is 0.500. The molecule has 2 rings (SSSR count). The second-order valence-corrected chi connectivity index (χ2v) is 7.84. The monoisotopic (exact) mass is 353 g/mol. The minimum Gasteiger partial charge on any atom is -0.342 e. The van der Waals surface area contributed by atoms with Crippen LogP contribution in [0.2, 0.25) is 0 Å². The normalized spacial score (nSPS) is 15.6. The molecule has 0 unspecified atom stereocenters. The number of sulfonamides is 1. The summed E-state index contributed by atoms with van der Waals surface area (Å²) in [5.74, 6) is -0.0812. The van der Waals surface area contributed by atoms with E-state index in [-0.39, 0.29) is 25.4 Å². The lowest BCUT2D eigenvalue weighted by Gasteiger charge is -2.33. The molecule has 1 aliphatic heterocycles. The molecule has 0 N–H and O–H groups in total. The zero-order valence-electron chi connectivity index (χ0n) is 13.8. The van der Waals surface area contributed by atoms with Gasteiger partial charge < -0.3 is 9.80 Å². The van der Waals surface area contributed by atoms with Gasteiger partial charge in [0.1, 0.15) is 0 Å². The van der Waals surface area contributed by atoms with Crippen molar-refractivity contribution in [3.05, 3.63) is 35.9 Å². The van der Waals surface area contributed by atoms with Crippen LogP contribution in [0.1, 0.15) is 12.0 Å². The smallest absolute Gasteiger partial charge is 0.224 e. The largest absolute Gasteiger partial charge is 0.342 e. The molecule has 132 valence electrons. The quantitative estimate of drug-likeness (QED) is 0.653. The van der Waals surface area contributed by atoms with E-state index in [9.17, 15) is 18.0 Å². The molecule has 2 amide bonds. The second-order valence-electron chi connectivity index (χ2n) is 5.85. The minimum absolute atomic E-state index is 0.0812. The van der Waals surface area contributed by atoms with Crippen LogP contribution in [0, 0.1) is 0 Å². The number of hydrogen-bond donors (Lipinski definition) is 0. The van der Waals surface area contributed by atoms with Crippen molar-refractivity contribution < 1.29 is 18.0 Å². The van der Waals surface area contributed by atoms with Crippen LogP contribution in [-0.4, -0.2) is 73.8 Å². The molecule has 0 radical (unpaired) electrons. The molecule has 24 heavy (non-hydrogen) atoms. The van der Waals surface area contributed by atoms with Gasteiger partial charge in [0, 0.05) is 45.7 Å². The lowest BCUT2D eigenvalue weighted by molar-refractivity contribution is -0.135. The highest BCUT2D eigenvalue weighted by molar-refractivity contribution is 7.88. The van der Waals surface area contributed by atoms with Gasteiger partial charge in [-0.2, -0.15) is 4.31 Å². The van der Waals surface area contributed by atoms with E-state index in [1.54, 1.807) is 9.80 Å². The van der Waals surface area contributed by atoms with Crippen LogP contribution in [0.5, 0.6) is 0 Å². The van der Waals surface area contributed by atoms with E-state index in [1.165, 1.54) is 4.31 Å². The van der Waals surface area contributed by atoms with Crippen LogP contribution in [-0.2, 0) is 26.2 Å². The third-order valence-electron chi connectivity index (χ3n) is 4.06. The van der Waals surface area contributed by atoms with Crippen LogP contribution >= 0.6 is 0 Å². The van der Waals surface area contributed by atoms with Gasteiger partial charge in [0.2, 0.25) is 22.3 Å². The zero-order valence-corrected chi connectivity index (χ0v) is 14.6. The molecule has 0 bridgehead atoms. The topological polar surface area (TPSA) is 78.0 Å². The molecule has 7 nitrogen and oxygen atoms in total. The highest BCUT2D eigenvalue weighted by Gasteiger charge is 2.23. The maximum Gasteiger partial charge on any atom is 0.224 e. The van der Waals surface area contributed by atoms with Crippen molar-refractivity contribution in [3.63, 3.8) is 0 Å². The van der Waals surface area contributed by atoms with Gasteiger partial charge in [-0.3, -0.25) is 9.59 Å². The first-order chi connectivity index (χ1) is 11.4. The molecular weight excluding hydrogens is 330 g/mol. The molecule has 8 heteroatoms. The van der Waals surface area contributed by atoms with Crippen molar-refractivity contribution >= 4 is 22.3 Å². The van der Waals surface area contributed by atoms with Gasteiger partial charge in [-0.1, -0.05) is 30.3 Å². The Morgan fingerprint density at radius 1 is 1.17 bits per heavy atom. The molecule has 1 aliphatic rings. The average Bonchev–Trinajstić information content (AvgIpc) is 2.58. The van der Waals surface area contributed by atoms with E-state index in [1.807, 2.05) is 30.3 Å². The van der Waals surface area contributed by atoms with Crippen LogP contribution in [0.3, 0.4) is 0 Å². The Kier molecular flexibility index (Phi) is 6.33. The van der Waals surface area contributed by atoms with E-state index in [4.69, 9.17) is 0 Å². The zero-order chi connectivity index (χ0) is 17.6. The van der Waals surface area contributed by atoms with E-state index < -0.39 is 10.0 Å². The SMILES string of the molecule is CS(=O)(=O)N(CCC(=O)N1CCN(C=O)CC1)Cc1ccccc1. The third-order valence-corrected chi connectivity index (χ3v) is 5.31. The molecule has 1 aromatic carbocycles. The molecule has 1 aromatic rings.